The van der Waals surface area contributed by atoms with Crippen LogP contribution in [0.1, 0.15) is 20.8 Å². The lowest BCUT2D eigenvalue weighted by Crippen LogP contribution is -2.37. The summed E-state index contributed by atoms with van der Waals surface area (Å²) in [5, 5.41) is 3.35. The van der Waals surface area contributed by atoms with E-state index in [4.69, 9.17) is 4.74 Å². The van der Waals surface area contributed by atoms with Gasteiger partial charge in [-0.3, -0.25) is 0 Å². The Kier molecular flexibility index (Phi) is 3.47. The van der Waals surface area contributed by atoms with Crippen molar-refractivity contribution >= 4 is 11.8 Å². The van der Waals surface area contributed by atoms with Crippen LogP contribution in [0.15, 0.2) is 12.3 Å². The summed E-state index contributed by atoms with van der Waals surface area (Å²) in [7, 11) is 0. The Hall–Kier alpha value is -1.36. The van der Waals surface area contributed by atoms with E-state index in [1.807, 2.05) is 6.07 Å². The van der Waals surface area contributed by atoms with Crippen LogP contribution < -0.4 is 10.2 Å². The summed E-state index contributed by atoms with van der Waals surface area (Å²) < 4.78 is 5.32. The van der Waals surface area contributed by atoms with Crippen LogP contribution in [0.5, 0.6) is 0 Å². The first kappa shape index (κ1) is 12.1. The van der Waals surface area contributed by atoms with Crippen LogP contribution >= 0.6 is 0 Å². The molecule has 1 aliphatic rings. The van der Waals surface area contributed by atoms with Crippen molar-refractivity contribution in [3.05, 3.63) is 12.3 Å². The van der Waals surface area contributed by atoms with E-state index in [2.05, 4.69) is 41.0 Å². The summed E-state index contributed by atoms with van der Waals surface area (Å²) in [4.78, 5) is 11.0. The molecule has 0 aromatic carbocycles. The Morgan fingerprint density at radius 2 is 2.00 bits per heavy atom. The van der Waals surface area contributed by atoms with Gasteiger partial charge in [-0.05, 0) is 26.8 Å². The molecule has 17 heavy (non-hydrogen) atoms. The summed E-state index contributed by atoms with van der Waals surface area (Å²) in [6, 6.07) is 1.90. The van der Waals surface area contributed by atoms with E-state index in [0.29, 0.717) is 0 Å². The van der Waals surface area contributed by atoms with Gasteiger partial charge >= 0.3 is 0 Å². The van der Waals surface area contributed by atoms with Crippen molar-refractivity contribution in [3.8, 4) is 0 Å². The molecule has 0 saturated carbocycles. The van der Waals surface area contributed by atoms with Crippen molar-refractivity contribution in [2.24, 2.45) is 0 Å². The van der Waals surface area contributed by atoms with Crippen LogP contribution in [-0.2, 0) is 4.74 Å². The molecular formula is C12H20N4O. The lowest BCUT2D eigenvalue weighted by Gasteiger charge is -2.27. The Morgan fingerprint density at radius 3 is 2.65 bits per heavy atom. The number of nitrogens with zero attached hydrogens (tertiary/aromatic N) is 3. The fraction of sp³-hybridized carbons (Fsp3) is 0.667. The second-order valence-corrected chi connectivity index (χ2v) is 5.22. The van der Waals surface area contributed by atoms with Crippen LogP contribution in [0.4, 0.5) is 11.8 Å². The number of ether oxygens (including phenoxy) is 1. The van der Waals surface area contributed by atoms with E-state index < -0.39 is 0 Å². The minimum absolute atomic E-state index is 0.0105. The molecule has 2 rings (SSSR count). The Bertz CT molecular complexity index is 369. The van der Waals surface area contributed by atoms with Crippen LogP contribution in [0.3, 0.4) is 0 Å². The summed E-state index contributed by atoms with van der Waals surface area (Å²) in [5.41, 5.74) is 0.0105. The minimum Gasteiger partial charge on any atom is -0.378 e. The third-order valence-corrected chi connectivity index (χ3v) is 2.44. The predicted molar refractivity (Wildman–Crippen MR) is 68.4 cm³/mol. The van der Waals surface area contributed by atoms with Gasteiger partial charge < -0.3 is 15.0 Å². The van der Waals surface area contributed by atoms with Crippen LogP contribution in [0, 0.1) is 0 Å². The Morgan fingerprint density at radius 1 is 1.29 bits per heavy atom. The first-order valence-electron chi connectivity index (χ1n) is 5.98. The molecule has 0 amide bonds. The molecule has 1 aromatic rings. The molecule has 0 atom stereocenters. The molecule has 0 spiro atoms. The molecule has 0 unspecified atom stereocenters. The van der Waals surface area contributed by atoms with Crippen molar-refractivity contribution in [3.63, 3.8) is 0 Å². The average molecular weight is 236 g/mol. The maximum atomic E-state index is 5.32. The molecule has 94 valence electrons. The first-order chi connectivity index (χ1) is 8.04. The lowest BCUT2D eigenvalue weighted by molar-refractivity contribution is 0.122. The zero-order valence-electron chi connectivity index (χ0n) is 10.7. The van der Waals surface area contributed by atoms with Gasteiger partial charge in [-0.15, -0.1) is 0 Å². The van der Waals surface area contributed by atoms with Gasteiger partial charge in [-0.25, -0.2) is 4.98 Å². The number of aromatic nitrogens is 2. The van der Waals surface area contributed by atoms with Crippen molar-refractivity contribution in [2.75, 3.05) is 36.5 Å². The lowest BCUT2D eigenvalue weighted by atomic mass is 10.1. The number of hydrogen-bond acceptors (Lipinski definition) is 5. The van der Waals surface area contributed by atoms with E-state index in [1.54, 1.807) is 6.20 Å². The highest BCUT2D eigenvalue weighted by atomic mass is 16.5. The van der Waals surface area contributed by atoms with E-state index >= 15 is 0 Å². The van der Waals surface area contributed by atoms with Gasteiger partial charge in [0.15, 0.2) is 0 Å². The summed E-state index contributed by atoms with van der Waals surface area (Å²) >= 11 is 0. The average Bonchev–Trinajstić information content (AvgIpc) is 2.28. The number of morpholine rings is 1. The second-order valence-electron chi connectivity index (χ2n) is 5.22. The van der Waals surface area contributed by atoms with Gasteiger partial charge in [0.2, 0.25) is 5.95 Å². The topological polar surface area (TPSA) is 50.3 Å². The van der Waals surface area contributed by atoms with E-state index in [9.17, 15) is 0 Å². The van der Waals surface area contributed by atoms with Crippen molar-refractivity contribution in [1.82, 2.24) is 9.97 Å². The molecule has 1 aliphatic heterocycles. The molecule has 1 N–H and O–H groups in total. The molecule has 1 aromatic heterocycles. The monoisotopic (exact) mass is 236 g/mol. The Labute approximate surface area is 102 Å². The third-order valence-electron chi connectivity index (χ3n) is 2.44. The van der Waals surface area contributed by atoms with Gasteiger partial charge in [-0.1, -0.05) is 0 Å². The largest absolute Gasteiger partial charge is 0.378 e. The normalized spacial score (nSPS) is 17.0. The van der Waals surface area contributed by atoms with E-state index in [1.165, 1.54) is 0 Å². The van der Waals surface area contributed by atoms with Gasteiger partial charge in [0.25, 0.3) is 0 Å². The summed E-state index contributed by atoms with van der Waals surface area (Å²) in [5.74, 6) is 1.65. The smallest absolute Gasteiger partial charge is 0.227 e. The van der Waals surface area contributed by atoms with E-state index in [0.717, 1.165) is 38.1 Å². The van der Waals surface area contributed by atoms with Crippen molar-refractivity contribution in [1.29, 1.82) is 0 Å². The molecule has 0 aliphatic carbocycles. The van der Waals surface area contributed by atoms with Crippen LogP contribution in [-0.4, -0.2) is 41.8 Å². The molecular weight excluding hydrogens is 216 g/mol. The molecule has 5 nitrogen and oxygen atoms in total. The maximum absolute atomic E-state index is 5.32. The Balaban J connectivity index is 2.10. The highest BCUT2D eigenvalue weighted by molar-refractivity contribution is 5.42. The maximum Gasteiger partial charge on any atom is 0.227 e. The molecule has 5 heteroatoms. The van der Waals surface area contributed by atoms with Gasteiger partial charge in [0.05, 0.1) is 13.2 Å². The van der Waals surface area contributed by atoms with Gasteiger partial charge in [0.1, 0.15) is 5.82 Å². The van der Waals surface area contributed by atoms with E-state index in [-0.39, 0.29) is 5.54 Å². The predicted octanol–water partition coefficient (Wildman–Crippen LogP) is 1.52. The first-order valence-corrected chi connectivity index (χ1v) is 5.98. The highest BCUT2D eigenvalue weighted by Gasteiger charge is 2.15. The summed E-state index contributed by atoms with van der Waals surface area (Å²) in [6.07, 6.45) is 1.80. The SMILES string of the molecule is CC(C)(C)Nc1ccnc(N2CCOCC2)n1. The number of hydrogen-bond donors (Lipinski definition) is 1. The van der Waals surface area contributed by atoms with Gasteiger partial charge in [0, 0.05) is 24.8 Å². The van der Waals surface area contributed by atoms with Crippen molar-refractivity contribution < 1.29 is 4.74 Å². The standard InChI is InChI=1S/C12H20N4O/c1-12(2,3)15-10-4-5-13-11(14-10)16-6-8-17-9-7-16/h4-5H,6-9H2,1-3H3,(H,13,14,15). The fourth-order valence-electron chi connectivity index (χ4n) is 1.72. The molecule has 0 bridgehead atoms. The number of rotatable bonds is 2. The molecule has 1 saturated heterocycles. The molecule has 0 radical (unpaired) electrons. The fourth-order valence-corrected chi connectivity index (χ4v) is 1.72. The number of anilines is 2. The van der Waals surface area contributed by atoms with Crippen LogP contribution in [0.2, 0.25) is 0 Å². The molecule has 2 heterocycles. The number of nitrogens with one attached hydrogen (secondary N) is 1. The summed E-state index contributed by atoms with van der Waals surface area (Å²) in [6.45, 7) is 9.56. The van der Waals surface area contributed by atoms with Crippen molar-refractivity contribution in [2.45, 2.75) is 26.3 Å². The minimum atomic E-state index is 0.0105. The molecule has 1 fully saturated rings. The highest BCUT2D eigenvalue weighted by Crippen LogP contribution is 2.15. The zero-order chi connectivity index (χ0) is 12.3. The zero-order valence-corrected chi connectivity index (χ0v) is 10.7. The van der Waals surface area contributed by atoms with Crippen LogP contribution in [0.25, 0.3) is 0 Å². The third kappa shape index (κ3) is 3.56. The quantitative estimate of drug-likeness (QED) is 0.843. The van der Waals surface area contributed by atoms with Gasteiger partial charge in [-0.2, -0.15) is 4.98 Å². The second kappa shape index (κ2) is 4.87.